The van der Waals surface area contributed by atoms with Crippen molar-refractivity contribution in [2.45, 2.75) is 24.5 Å². The molecule has 0 aliphatic carbocycles. The van der Waals surface area contributed by atoms with E-state index in [0.717, 1.165) is 18.6 Å². The lowest BCUT2D eigenvalue weighted by Crippen LogP contribution is -2.43. The number of hydrogen-bond donors (Lipinski definition) is 2. The molecule has 0 bridgehead atoms. The van der Waals surface area contributed by atoms with Crippen LogP contribution in [-0.2, 0) is 4.79 Å². The molecule has 0 aromatic heterocycles. The molecule has 1 saturated heterocycles. The van der Waals surface area contributed by atoms with Crippen LogP contribution in [0.1, 0.15) is 19.8 Å². The van der Waals surface area contributed by atoms with Crippen molar-refractivity contribution >= 4 is 17.7 Å². The van der Waals surface area contributed by atoms with E-state index in [1.54, 1.807) is 11.8 Å². The molecule has 4 heteroatoms. The Morgan fingerprint density at radius 1 is 1.80 bits per heavy atom. The zero-order chi connectivity index (χ0) is 7.61. The van der Waals surface area contributed by atoms with Gasteiger partial charge in [0.25, 0.3) is 0 Å². The molecule has 0 aromatic carbocycles. The smallest absolute Gasteiger partial charge is 0.249 e. The molecule has 3 nitrogen and oxygen atoms in total. The van der Waals surface area contributed by atoms with Gasteiger partial charge in [0, 0.05) is 0 Å². The van der Waals surface area contributed by atoms with Gasteiger partial charge in [0.2, 0.25) is 5.91 Å². The fourth-order valence-corrected chi connectivity index (χ4v) is 2.33. The molecule has 0 saturated carbocycles. The van der Waals surface area contributed by atoms with Gasteiger partial charge in [-0.2, -0.15) is 0 Å². The normalized spacial score (nSPS) is 32.2. The van der Waals surface area contributed by atoms with Crippen LogP contribution in [0.2, 0.25) is 0 Å². The minimum absolute atomic E-state index is 0.0463. The molecule has 10 heavy (non-hydrogen) atoms. The molecule has 0 radical (unpaired) electrons. The van der Waals surface area contributed by atoms with Gasteiger partial charge in [-0.05, 0) is 25.5 Å². The monoisotopic (exact) mass is 160 g/mol. The standard InChI is InChI=1S/C6H12N2OS/c1-6(5(9)8-7)3-2-4-10-6/h2-4,7H2,1H3,(H,8,9). The summed E-state index contributed by atoms with van der Waals surface area (Å²) in [7, 11) is 0. The summed E-state index contributed by atoms with van der Waals surface area (Å²) in [6.45, 7) is 1.94. The van der Waals surface area contributed by atoms with Gasteiger partial charge in [-0.1, -0.05) is 0 Å². The van der Waals surface area contributed by atoms with Crippen LogP contribution < -0.4 is 11.3 Å². The number of carbonyl (C=O) groups is 1. The molecule has 1 unspecified atom stereocenters. The van der Waals surface area contributed by atoms with Gasteiger partial charge in [0.15, 0.2) is 0 Å². The topological polar surface area (TPSA) is 55.1 Å². The van der Waals surface area contributed by atoms with E-state index in [1.165, 1.54) is 0 Å². The Hall–Kier alpha value is -0.220. The van der Waals surface area contributed by atoms with Gasteiger partial charge in [-0.25, -0.2) is 5.84 Å². The number of carbonyl (C=O) groups excluding carboxylic acids is 1. The van der Waals surface area contributed by atoms with E-state index in [9.17, 15) is 4.79 Å². The molecule has 0 aromatic rings. The largest absolute Gasteiger partial charge is 0.293 e. The zero-order valence-corrected chi connectivity index (χ0v) is 6.83. The van der Waals surface area contributed by atoms with E-state index >= 15 is 0 Å². The summed E-state index contributed by atoms with van der Waals surface area (Å²) < 4.78 is -0.255. The molecule has 58 valence electrons. The average Bonchev–Trinajstić information content (AvgIpc) is 2.36. The summed E-state index contributed by atoms with van der Waals surface area (Å²) in [5.74, 6) is 6.05. The summed E-state index contributed by atoms with van der Waals surface area (Å²) in [6.07, 6.45) is 2.06. The predicted octanol–water partition coefficient (Wildman–Crippen LogP) is 0.262. The van der Waals surface area contributed by atoms with Crippen molar-refractivity contribution in [3.63, 3.8) is 0 Å². The SMILES string of the molecule is CC1(C(=O)NN)CCCS1. The van der Waals surface area contributed by atoms with E-state index in [4.69, 9.17) is 5.84 Å². The maximum atomic E-state index is 11.1. The second-order valence-corrected chi connectivity index (χ2v) is 4.25. The molecule has 3 N–H and O–H groups in total. The quantitative estimate of drug-likeness (QED) is 0.329. The summed E-state index contributed by atoms with van der Waals surface area (Å²) in [5.41, 5.74) is 2.19. The first-order valence-corrected chi connectivity index (χ1v) is 4.32. The molecule has 1 fully saturated rings. The third-order valence-corrected chi connectivity index (χ3v) is 3.35. The summed E-state index contributed by atoms with van der Waals surface area (Å²) in [6, 6.07) is 0. The Morgan fingerprint density at radius 3 is 2.90 bits per heavy atom. The van der Waals surface area contributed by atoms with Crippen LogP contribution in [-0.4, -0.2) is 16.4 Å². The fourth-order valence-electron chi connectivity index (χ4n) is 1.11. The average molecular weight is 160 g/mol. The van der Waals surface area contributed by atoms with Crippen molar-refractivity contribution in [3.05, 3.63) is 0 Å². The van der Waals surface area contributed by atoms with E-state index in [-0.39, 0.29) is 10.7 Å². The van der Waals surface area contributed by atoms with Crippen LogP contribution in [0.15, 0.2) is 0 Å². The van der Waals surface area contributed by atoms with Gasteiger partial charge in [0.1, 0.15) is 0 Å². The lowest BCUT2D eigenvalue weighted by atomic mass is 10.1. The third-order valence-electron chi connectivity index (χ3n) is 1.83. The third kappa shape index (κ3) is 1.27. The van der Waals surface area contributed by atoms with E-state index in [0.29, 0.717) is 0 Å². The molecule has 1 amide bonds. The number of nitrogens with two attached hydrogens (primary N) is 1. The molecular formula is C6H12N2OS. The minimum atomic E-state index is -0.255. The summed E-state index contributed by atoms with van der Waals surface area (Å²) >= 11 is 1.69. The number of rotatable bonds is 1. The fraction of sp³-hybridized carbons (Fsp3) is 0.833. The van der Waals surface area contributed by atoms with E-state index in [2.05, 4.69) is 5.43 Å². The lowest BCUT2D eigenvalue weighted by molar-refractivity contribution is -0.123. The van der Waals surface area contributed by atoms with Crippen LogP contribution in [0.25, 0.3) is 0 Å². The van der Waals surface area contributed by atoms with Crippen LogP contribution in [0, 0.1) is 0 Å². The number of hydrazine groups is 1. The van der Waals surface area contributed by atoms with Crippen molar-refractivity contribution in [3.8, 4) is 0 Å². The molecule has 1 rings (SSSR count). The highest BCUT2D eigenvalue weighted by Crippen LogP contribution is 2.37. The Labute approximate surface area is 64.7 Å². The Kier molecular flexibility index (Phi) is 2.21. The Bertz CT molecular complexity index is 143. The molecule has 0 spiro atoms. The maximum absolute atomic E-state index is 11.1. The first kappa shape index (κ1) is 7.88. The van der Waals surface area contributed by atoms with Gasteiger partial charge in [-0.15, -0.1) is 11.8 Å². The highest BCUT2D eigenvalue weighted by molar-refractivity contribution is 8.01. The van der Waals surface area contributed by atoms with Crippen LogP contribution in [0.5, 0.6) is 0 Å². The maximum Gasteiger partial charge on any atom is 0.249 e. The van der Waals surface area contributed by atoms with Crippen molar-refractivity contribution in [2.75, 3.05) is 5.75 Å². The van der Waals surface area contributed by atoms with Gasteiger partial charge in [0.05, 0.1) is 4.75 Å². The molecule has 1 atom stereocenters. The van der Waals surface area contributed by atoms with Crippen molar-refractivity contribution in [1.82, 2.24) is 5.43 Å². The van der Waals surface area contributed by atoms with Gasteiger partial charge in [-0.3, -0.25) is 10.2 Å². The number of amides is 1. The first-order chi connectivity index (χ1) is 4.69. The Balaban J connectivity index is 2.58. The van der Waals surface area contributed by atoms with Gasteiger partial charge >= 0.3 is 0 Å². The molecular weight excluding hydrogens is 148 g/mol. The second kappa shape index (κ2) is 2.80. The van der Waals surface area contributed by atoms with Gasteiger partial charge < -0.3 is 0 Å². The Morgan fingerprint density at radius 2 is 2.50 bits per heavy atom. The molecule has 1 aliphatic rings. The highest BCUT2D eigenvalue weighted by Gasteiger charge is 2.36. The van der Waals surface area contributed by atoms with E-state index in [1.807, 2.05) is 6.92 Å². The molecule has 1 heterocycles. The van der Waals surface area contributed by atoms with Crippen molar-refractivity contribution in [1.29, 1.82) is 0 Å². The number of hydrogen-bond acceptors (Lipinski definition) is 3. The number of nitrogens with one attached hydrogen (secondary N) is 1. The highest BCUT2D eigenvalue weighted by atomic mass is 32.2. The molecule has 1 aliphatic heterocycles. The minimum Gasteiger partial charge on any atom is -0.293 e. The van der Waals surface area contributed by atoms with Crippen LogP contribution in [0.4, 0.5) is 0 Å². The van der Waals surface area contributed by atoms with Crippen LogP contribution in [0.3, 0.4) is 0 Å². The zero-order valence-electron chi connectivity index (χ0n) is 6.02. The first-order valence-electron chi connectivity index (χ1n) is 3.34. The van der Waals surface area contributed by atoms with Crippen LogP contribution >= 0.6 is 11.8 Å². The summed E-state index contributed by atoms with van der Waals surface area (Å²) in [4.78, 5) is 11.1. The predicted molar refractivity (Wildman–Crippen MR) is 42.4 cm³/mol. The summed E-state index contributed by atoms with van der Waals surface area (Å²) in [5, 5.41) is 0. The van der Waals surface area contributed by atoms with Crippen molar-refractivity contribution in [2.24, 2.45) is 5.84 Å². The lowest BCUT2D eigenvalue weighted by Gasteiger charge is -2.19. The van der Waals surface area contributed by atoms with E-state index < -0.39 is 0 Å². The van der Waals surface area contributed by atoms with Crippen molar-refractivity contribution < 1.29 is 4.79 Å². The number of thioether (sulfide) groups is 1. The second-order valence-electron chi connectivity index (χ2n) is 2.66.